The summed E-state index contributed by atoms with van der Waals surface area (Å²) in [6, 6.07) is 23.6. The van der Waals surface area contributed by atoms with Crippen LogP contribution in [0.2, 0.25) is 5.02 Å². The van der Waals surface area contributed by atoms with Crippen LogP contribution in [0.1, 0.15) is 28.9 Å². The Morgan fingerprint density at radius 3 is 2.57 bits per heavy atom. The van der Waals surface area contributed by atoms with Gasteiger partial charge in [-0.05, 0) is 48.4 Å². The summed E-state index contributed by atoms with van der Waals surface area (Å²) in [4.78, 5) is 12.5. The van der Waals surface area contributed by atoms with Crippen molar-refractivity contribution in [3.63, 3.8) is 0 Å². The van der Waals surface area contributed by atoms with Gasteiger partial charge in [0.25, 0.3) is 0 Å². The quantitative estimate of drug-likeness (QED) is 0.276. The van der Waals surface area contributed by atoms with E-state index in [1.807, 2.05) is 53.1 Å². The Hall–Kier alpha value is -3.29. The summed E-state index contributed by atoms with van der Waals surface area (Å²) in [6.45, 7) is 2.54. The summed E-state index contributed by atoms with van der Waals surface area (Å²) in [5.74, 6) is 2.23. The van der Waals surface area contributed by atoms with Crippen LogP contribution in [-0.4, -0.2) is 27.8 Å². The molecule has 0 atom stereocenters. The lowest BCUT2D eigenvalue weighted by molar-refractivity contribution is -0.121. The fourth-order valence-electron chi connectivity index (χ4n) is 3.64. The van der Waals surface area contributed by atoms with E-state index in [1.54, 1.807) is 18.9 Å². The number of methoxy groups -OCH3 is 1. The number of carbonyl (C=O) groups is 1. The van der Waals surface area contributed by atoms with E-state index in [0.717, 1.165) is 33.7 Å². The number of hydrogen-bond donors (Lipinski definition) is 1. The van der Waals surface area contributed by atoms with Gasteiger partial charge in [0.2, 0.25) is 5.91 Å². The Morgan fingerprint density at radius 1 is 1.03 bits per heavy atom. The van der Waals surface area contributed by atoms with Crippen molar-refractivity contribution in [3.05, 3.63) is 100 Å². The fourth-order valence-corrected chi connectivity index (χ4v) is 4.74. The second-order valence-electron chi connectivity index (χ2n) is 8.12. The highest BCUT2D eigenvalue weighted by atomic mass is 35.5. The maximum atomic E-state index is 12.5. The SMILES string of the molecule is COc1ccc(CNC(=O)CCc2nnc(SCc3cccc(C)c3)n2-c2cccc(Cl)c2)cc1. The van der Waals surface area contributed by atoms with Crippen LogP contribution in [0.15, 0.2) is 78.0 Å². The van der Waals surface area contributed by atoms with Gasteiger partial charge in [0.15, 0.2) is 5.16 Å². The zero-order chi connectivity index (χ0) is 24.6. The van der Waals surface area contributed by atoms with Crippen LogP contribution < -0.4 is 10.1 Å². The Bertz CT molecular complexity index is 1290. The van der Waals surface area contributed by atoms with Crippen molar-refractivity contribution in [1.82, 2.24) is 20.1 Å². The van der Waals surface area contributed by atoms with Crippen LogP contribution in [0.25, 0.3) is 5.69 Å². The topological polar surface area (TPSA) is 69.0 Å². The third-order valence-electron chi connectivity index (χ3n) is 5.44. The Morgan fingerprint density at radius 2 is 1.83 bits per heavy atom. The molecule has 0 radical (unpaired) electrons. The first-order valence-electron chi connectivity index (χ1n) is 11.3. The summed E-state index contributed by atoms with van der Waals surface area (Å²) < 4.78 is 7.16. The van der Waals surface area contributed by atoms with Gasteiger partial charge in [0.1, 0.15) is 11.6 Å². The molecule has 1 aromatic heterocycles. The Kier molecular flexibility index (Phi) is 8.45. The molecule has 8 heteroatoms. The highest BCUT2D eigenvalue weighted by Gasteiger charge is 2.16. The summed E-state index contributed by atoms with van der Waals surface area (Å²) in [6.07, 6.45) is 0.760. The average molecular weight is 507 g/mol. The largest absolute Gasteiger partial charge is 0.497 e. The minimum absolute atomic E-state index is 0.0459. The number of nitrogens with zero attached hydrogens (tertiary/aromatic N) is 3. The summed E-state index contributed by atoms with van der Waals surface area (Å²) >= 11 is 7.88. The van der Waals surface area contributed by atoms with Gasteiger partial charge in [-0.15, -0.1) is 10.2 Å². The molecule has 4 rings (SSSR count). The van der Waals surface area contributed by atoms with E-state index in [1.165, 1.54) is 11.1 Å². The number of amides is 1. The van der Waals surface area contributed by atoms with Gasteiger partial charge in [0, 0.05) is 30.2 Å². The summed E-state index contributed by atoms with van der Waals surface area (Å²) in [5, 5.41) is 13.2. The highest BCUT2D eigenvalue weighted by molar-refractivity contribution is 7.98. The normalized spacial score (nSPS) is 10.8. The van der Waals surface area contributed by atoms with Crippen LogP contribution in [0, 0.1) is 6.92 Å². The maximum Gasteiger partial charge on any atom is 0.220 e. The number of ether oxygens (including phenoxy) is 1. The van der Waals surface area contributed by atoms with E-state index in [-0.39, 0.29) is 5.91 Å². The molecular weight excluding hydrogens is 480 g/mol. The van der Waals surface area contributed by atoms with Crippen LogP contribution in [0.4, 0.5) is 0 Å². The predicted octanol–water partition coefficient (Wildman–Crippen LogP) is 5.78. The number of rotatable bonds is 10. The molecular formula is C27H27ClN4O2S. The molecule has 1 amide bonds. The van der Waals surface area contributed by atoms with Crippen molar-refractivity contribution >= 4 is 29.3 Å². The third-order valence-corrected chi connectivity index (χ3v) is 6.68. The van der Waals surface area contributed by atoms with Gasteiger partial charge >= 0.3 is 0 Å². The summed E-state index contributed by atoms with van der Waals surface area (Å²) in [7, 11) is 1.63. The van der Waals surface area contributed by atoms with E-state index in [9.17, 15) is 4.79 Å². The molecule has 0 unspecified atom stereocenters. The number of aryl methyl sites for hydroxylation is 2. The van der Waals surface area contributed by atoms with Crippen molar-refractivity contribution in [2.45, 2.75) is 37.2 Å². The standard InChI is InChI=1S/C27H27ClN4O2S/c1-19-5-3-6-21(15-19)18-35-27-31-30-25(32(27)23-8-4-7-22(28)16-23)13-14-26(33)29-17-20-9-11-24(34-2)12-10-20/h3-12,15-16H,13-14,17-18H2,1-2H3,(H,29,33). The second-order valence-corrected chi connectivity index (χ2v) is 9.50. The Labute approximate surface area is 214 Å². The van der Waals surface area contributed by atoms with Gasteiger partial charge in [-0.1, -0.05) is 71.4 Å². The summed E-state index contributed by atoms with van der Waals surface area (Å²) in [5.41, 5.74) is 4.33. The molecule has 35 heavy (non-hydrogen) atoms. The molecule has 0 fully saturated rings. The Balaban J connectivity index is 1.44. The lowest BCUT2D eigenvalue weighted by atomic mass is 10.2. The van der Waals surface area contributed by atoms with Crippen molar-refractivity contribution in [2.24, 2.45) is 0 Å². The van der Waals surface area contributed by atoms with Crippen molar-refractivity contribution in [1.29, 1.82) is 0 Å². The first-order chi connectivity index (χ1) is 17.0. The highest BCUT2D eigenvalue weighted by Crippen LogP contribution is 2.27. The minimum atomic E-state index is -0.0459. The number of thioether (sulfide) groups is 1. The zero-order valence-electron chi connectivity index (χ0n) is 19.7. The molecule has 0 saturated carbocycles. The molecule has 0 aliphatic rings. The molecule has 3 aromatic carbocycles. The molecule has 0 aliphatic heterocycles. The monoisotopic (exact) mass is 506 g/mol. The van der Waals surface area contributed by atoms with E-state index in [2.05, 4.69) is 46.7 Å². The molecule has 0 bridgehead atoms. The number of nitrogens with one attached hydrogen (secondary N) is 1. The lowest BCUT2D eigenvalue weighted by Crippen LogP contribution is -2.23. The van der Waals surface area contributed by atoms with Crippen molar-refractivity contribution in [3.8, 4) is 11.4 Å². The lowest BCUT2D eigenvalue weighted by Gasteiger charge is -2.11. The second kappa shape index (κ2) is 11.9. The van der Waals surface area contributed by atoms with Crippen LogP contribution >= 0.6 is 23.4 Å². The van der Waals surface area contributed by atoms with E-state index in [4.69, 9.17) is 16.3 Å². The van der Waals surface area contributed by atoms with E-state index >= 15 is 0 Å². The van der Waals surface area contributed by atoms with Gasteiger partial charge in [0.05, 0.1) is 12.8 Å². The fraction of sp³-hybridized carbons (Fsp3) is 0.222. The number of benzene rings is 3. The first kappa shape index (κ1) is 24.8. The molecule has 6 nitrogen and oxygen atoms in total. The molecule has 0 aliphatic carbocycles. The van der Waals surface area contributed by atoms with Crippen LogP contribution in [0.5, 0.6) is 5.75 Å². The van der Waals surface area contributed by atoms with E-state index in [0.29, 0.717) is 24.4 Å². The van der Waals surface area contributed by atoms with Crippen LogP contribution in [-0.2, 0) is 23.5 Å². The number of hydrogen-bond acceptors (Lipinski definition) is 5. The molecule has 0 spiro atoms. The average Bonchev–Trinajstić information content (AvgIpc) is 3.28. The molecule has 1 heterocycles. The van der Waals surface area contributed by atoms with Gasteiger partial charge in [-0.3, -0.25) is 9.36 Å². The molecule has 180 valence electrons. The molecule has 0 saturated heterocycles. The van der Waals surface area contributed by atoms with E-state index < -0.39 is 0 Å². The van der Waals surface area contributed by atoms with Gasteiger partial charge in [-0.2, -0.15) is 0 Å². The maximum absolute atomic E-state index is 12.5. The van der Waals surface area contributed by atoms with Crippen molar-refractivity contribution < 1.29 is 9.53 Å². The number of halogens is 1. The van der Waals surface area contributed by atoms with Crippen molar-refractivity contribution in [2.75, 3.05) is 7.11 Å². The number of aromatic nitrogens is 3. The predicted molar refractivity (Wildman–Crippen MR) is 140 cm³/mol. The minimum Gasteiger partial charge on any atom is -0.497 e. The van der Waals surface area contributed by atoms with Gasteiger partial charge < -0.3 is 10.1 Å². The first-order valence-corrected chi connectivity index (χ1v) is 12.7. The van der Waals surface area contributed by atoms with Gasteiger partial charge in [-0.25, -0.2) is 0 Å². The molecule has 1 N–H and O–H groups in total. The number of carbonyl (C=O) groups excluding carboxylic acids is 1. The smallest absolute Gasteiger partial charge is 0.220 e. The molecule has 4 aromatic rings. The zero-order valence-corrected chi connectivity index (χ0v) is 21.3. The third kappa shape index (κ3) is 6.87. The van der Waals surface area contributed by atoms with Crippen LogP contribution in [0.3, 0.4) is 0 Å².